The molecular weight excluding hydrogens is 174 g/mol. The molecule has 1 aromatic carbocycles. The molecule has 0 aliphatic heterocycles. The van der Waals surface area contributed by atoms with Gasteiger partial charge in [0.2, 0.25) is 0 Å². The fraction of sp³-hybridized carbons (Fsp3) is 0.182. The van der Waals surface area contributed by atoms with Crippen LogP contribution in [-0.4, -0.2) is 13.0 Å². The second-order valence-electron chi connectivity index (χ2n) is 2.92. The summed E-state index contributed by atoms with van der Waals surface area (Å²) in [6, 6.07) is 8.09. The Labute approximate surface area is 84.6 Å². The molecule has 0 saturated carbocycles. The summed E-state index contributed by atoms with van der Waals surface area (Å²) < 4.78 is 0. The lowest BCUT2D eigenvalue weighted by Crippen LogP contribution is -2.25. The normalized spacial score (nSPS) is 10.9. The lowest BCUT2D eigenvalue weighted by Gasteiger charge is -2.08. The van der Waals surface area contributed by atoms with Crippen LogP contribution in [0.3, 0.4) is 0 Å². The Kier molecular flexibility index (Phi) is 3.73. The van der Waals surface area contributed by atoms with Gasteiger partial charge in [0.05, 0.1) is 0 Å². The van der Waals surface area contributed by atoms with Crippen molar-refractivity contribution in [2.45, 2.75) is 6.92 Å². The van der Waals surface area contributed by atoms with Crippen molar-refractivity contribution in [2.75, 3.05) is 12.4 Å². The molecule has 0 aromatic heterocycles. The van der Waals surface area contributed by atoms with Crippen LogP contribution in [0.1, 0.15) is 5.56 Å². The number of anilines is 1. The first-order chi connectivity index (χ1) is 6.76. The molecule has 0 atom stereocenters. The predicted molar refractivity (Wildman–Crippen MR) is 61.5 cm³/mol. The van der Waals surface area contributed by atoms with Crippen LogP contribution in [0, 0.1) is 6.92 Å². The number of guanidine groups is 1. The van der Waals surface area contributed by atoms with Crippen molar-refractivity contribution in [3.8, 4) is 0 Å². The van der Waals surface area contributed by atoms with E-state index in [1.54, 1.807) is 13.2 Å². The Bertz CT molecular complexity index is 342. The zero-order valence-corrected chi connectivity index (χ0v) is 8.54. The molecule has 0 aliphatic carbocycles. The summed E-state index contributed by atoms with van der Waals surface area (Å²) in [4.78, 5) is 4.03. The molecule has 3 nitrogen and oxygen atoms in total. The molecule has 0 heterocycles. The van der Waals surface area contributed by atoms with Crippen LogP contribution in [0.2, 0.25) is 0 Å². The molecule has 0 radical (unpaired) electrons. The number of benzene rings is 1. The Hall–Kier alpha value is -1.77. The van der Waals surface area contributed by atoms with Gasteiger partial charge < -0.3 is 10.6 Å². The summed E-state index contributed by atoms with van der Waals surface area (Å²) in [6.07, 6.45) is 1.59. The van der Waals surface area contributed by atoms with E-state index in [4.69, 9.17) is 0 Å². The van der Waals surface area contributed by atoms with Crippen LogP contribution in [-0.2, 0) is 0 Å². The molecule has 14 heavy (non-hydrogen) atoms. The van der Waals surface area contributed by atoms with Gasteiger partial charge in [0.1, 0.15) is 0 Å². The topological polar surface area (TPSA) is 36.4 Å². The zero-order valence-electron chi connectivity index (χ0n) is 8.54. The standard InChI is InChI=1S/C11H15N3/c1-4-13-11(12-3)14-10-7-5-6-9(2)8-10/h4-8H,1H2,2-3H3,(H2,12,13,14). The molecule has 0 unspecified atom stereocenters. The first-order valence-corrected chi connectivity index (χ1v) is 4.44. The van der Waals surface area contributed by atoms with E-state index in [1.807, 2.05) is 12.1 Å². The minimum Gasteiger partial charge on any atom is -0.333 e. The van der Waals surface area contributed by atoms with Crippen LogP contribution in [0.15, 0.2) is 42.0 Å². The largest absolute Gasteiger partial charge is 0.333 e. The van der Waals surface area contributed by atoms with Crippen molar-refractivity contribution in [1.82, 2.24) is 5.32 Å². The van der Waals surface area contributed by atoms with Crippen LogP contribution in [0.5, 0.6) is 0 Å². The second-order valence-corrected chi connectivity index (χ2v) is 2.92. The Balaban J connectivity index is 2.72. The summed E-state index contributed by atoms with van der Waals surface area (Å²) >= 11 is 0. The molecule has 1 aromatic rings. The first-order valence-electron chi connectivity index (χ1n) is 4.44. The Morgan fingerprint density at radius 1 is 1.50 bits per heavy atom. The molecule has 0 amide bonds. The molecule has 2 N–H and O–H groups in total. The molecule has 74 valence electrons. The van der Waals surface area contributed by atoms with E-state index in [-0.39, 0.29) is 0 Å². The van der Waals surface area contributed by atoms with Crippen LogP contribution in [0.4, 0.5) is 5.69 Å². The summed E-state index contributed by atoms with van der Waals surface area (Å²) in [5, 5.41) is 6.04. The zero-order chi connectivity index (χ0) is 10.4. The van der Waals surface area contributed by atoms with Gasteiger partial charge in [-0.1, -0.05) is 18.7 Å². The maximum absolute atomic E-state index is 4.03. The third-order valence-corrected chi connectivity index (χ3v) is 1.74. The highest BCUT2D eigenvalue weighted by molar-refractivity contribution is 5.94. The average molecular weight is 189 g/mol. The van der Waals surface area contributed by atoms with Gasteiger partial charge in [0.15, 0.2) is 5.96 Å². The number of hydrogen-bond acceptors (Lipinski definition) is 1. The lowest BCUT2D eigenvalue weighted by molar-refractivity contribution is 1.22. The van der Waals surface area contributed by atoms with Gasteiger partial charge in [-0.25, -0.2) is 0 Å². The smallest absolute Gasteiger partial charge is 0.199 e. The van der Waals surface area contributed by atoms with E-state index in [0.29, 0.717) is 5.96 Å². The maximum Gasteiger partial charge on any atom is 0.199 e. The highest BCUT2D eigenvalue weighted by atomic mass is 15.2. The maximum atomic E-state index is 4.03. The van der Waals surface area contributed by atoms with Crippen LogP contribution in [0.25, 0.3) is 0 Å². The quantitative estimate of drug-likeness (QED) is 0.552. The van der Waals surface area contributed by atoms with Gasteiger partial charge >= 0.3 is 0 Å². The third-order valence-electron chi connectivity index (χ3n) is 1.74. The van der Waals surface area contributed by atoms with Crippen molar-refractivity contribution in [3.05, 3.63) is 42.6 Å². The predicted octanol–water partition coefficient (Wildman–Crippen LogP) is 2.13. The molecule has 0 bridgehead atoms. The van der Waals surface area contributed by atoms with Crippen molar-refractivity contribution in [2.24, 2.45) is 4.99 Å². The van der Waals surface area contributed by atoms with Crippen molar-refractivity contribution in [1.29, 1.82) is 0 Å². The van der Waals surface area contributed by atoms with Crippen LogP contribution >= 0.6 is 0 Å². The molecule has 1 rings (SSSR count). The molecule has 0 spiro atoms. The molecule has 0 saturated heterocycles. The molecular formula is C11H15N3. The summed E-state index contributed by atoms with van der Waals surface area (Å²) in [6.45, 7) is 5.63. The highest BCUT2D eigenvalue weighted by Crippen LogP contribution is 2.08. The second kappa shape index (κ2) is 5.07. The van der Waals surface area contributed by atoms with E-state index in [1.165, 1.54) is 5.56 Å². The SMILES string of the molecule is C=CNC(=NC)Nc1cccc(C)c1. The fourth-order valence-corrected chi connectivity index (χ4v) is 1.11. The van der Waals surface area contributed by atoms with Gasteiger partial charge in [-0.15, -0.1) is 0 Å². The van der Waals surface area contributed by atoms with Crippen molar-refractivity contribution < 1.29 is 0 Å². The monoisotopic (exact) mass is 189 g/mol. The Morgan fingerprint density at radius 3 is 2.86 bits per heavy atom. The van der Waals surface area contributed by atoms with E-state index in [2.05, 4.69) is 41.3 Å². The van der Waals surface area contributed by atoms with E-state index >= 15 is 0 Å². The number of rotatable bonds is 2. The average Bonchev–Trinajstić information content (AvgIpc) is 2.17. The third kappa shape index (κ3) is 2.94. The fourth-order valence-electron chi connectivity index (χ4n) is 1.11. The molecule has 0 aliphatic rings. The summed E-state index contributed by atoms with van der Waals surface area (Å²) in [7, 11) is 1.72. The van der Waals surface area contributed by atoms with Gasteiger partial charge in [-0.2, -0.15) is 0 Å². The Morgan fingerprint density at radius 2 is 2.29 bits per heavy atom. The molecule has 0 fully saturated rings. The van der Waals surface area contributed by atoms with Crippen LogP contribution < -0.4 is 10.6 Å². The van der Waals surface area contributed by atoms with Crippen molar-refractivity contribution >= 4 is 11.6 Å². The number of aryl methyl sites for hydroxylation is 1. The lowest BCUT2D eigenvalue weighted by atomic mass is 10.2. The van der Waals surface area contributed by atoms with E-state index in [9.17, 15) is 0 Å². The minimum atomic E-state index is 0.686. The number of aliphatic imine (C=N–C) groups is 1. The van der Waals surface area contributed by atoms with E-state index in [0.717, 1.165) is 5.69 Å². The van der Waals surface area contributed by atoms with Gasteiger partial charge in [-0.05, 0) is 30.8 Å². The number of hydrogen-bond donors (Lipinski definition) is 2. The summed E-state index contributed by atoms with van der Waals surface area (Å²) in [5.41, 5.74) is 2.23. The minimum absolute atomic E-state index is 0.686. The van der Waals surface area contributed by atoms with Gasteiger partial charge in [-0.3, -0.25) is 4.99 Å². The summed E-state index contributed by atoms with van der Waals surface area (Å²) in [5.74, 6) is 0.686. The van der Waals surface area contributed by atoms with Gasteiger partial charge in [0, 0.05) is 12.7 Å². The number of nitrogens with one attached hydrogen (secondary N) is 2. The number of nitrogens with zero attached hydrogens (tertiary/aromatic N) is 1. The first kappa shape index (κ1) is 10.3. The molecule has 3 heteroatoms. The van der Waals surface area contributed by atoms with Crippen molar-refractivity contribution in [3.63, 3.8) is 0 Å². The van der Waals surface area contributed by atoms with Gasteiger partial charge in [0.25, 0.3) is 0 Å². The highest BCUT2D eigenvalue weighted by Gasteiger charge is 1.95. The van der Waals surface area contributed by atoms with E-state index < -0.39 is 0 Å².